The second-order valence-corrected chi connectivity index (χ2v) is 6.34. The Balaban J connectivity index is 1.78. The molecule has 4 nitrogen and oxygen atoms in total. The van der Waals surface area contributed by atoms with Crippen LogP contribution < -0.4 is 0 Å². The number of rotatable bonds is 3. The Morgan fingerprint density at radius 2 is 2.29 bits per heavy atom. The van der Waals surface area contributed by atoms with Gasteiger partial charge in [-0.05, 0) is 30.7 Å². The molecule has 0 bridgehead atoms. The summed E-state index contributed by atoms with van der Waals surface area (Å²) < 4.78 is 5.72. The van der Waals surface area contributed by atoms with Crippen LogP contribution in [0.5, 0.6) is 0 Å². The average Bonchev–Trinajstić information content (AvgIpc) is 3.23. The van der Waals surface area contributed by atoms with Crippen LogP contribution >= 0.6 is 11.8 Å². The van der Waals surface area contributed by atoms with Crippen molar-refractivity contribution in [1.29, 1.82) is 0 Å². The molecule has 3 atom stereocenters. The molecule has 0 aliphatic carbocycles. The van der Waals surface area contributed by atoms with Gasteiger partial charge >= 0.3 is 0 Å². The van der Waals surface area contributed by atoms with Crippen LogP contribution in [0.15, 0.2) is 52.2 Å². The van der Waals surface area contributed by atoms with E-state index in [-0.39, 0.29) is 12.1 Å². The largest absolute Gasteiger partial charge is 0.467 e. The quantitative estimate of drug-likeness (QED) is 0.867. The van der Waals surface area contributed by atoms with Gasteiger partial charge in [-0.3, -0.25) is 4.98 Å². The maximum atomic E-state index is 5.72. The maximum absolute atomic E-state index is 5.72. The third-order valence-electron chi connectivity index (χ3n) is 4.16. The highest BCUT2D eigenvalue weighted by Gasteiger charge is 2.46. The molecule has 1 saturated heterocycles. The summed E-state index contributed by atoms with van der Waals surface area (Å²) in [6.45, 7) is 2.24. The van der Waals surface area contributed by atoms with Gasteiger partial charge in [-0.15, -0.1) is 0 Å². The molecular formula is C16H17N3OS. The highest BCUT2D eigenvalue weighted by Crippen LogP contribution is 2.48. The summed E-state index contributed by atoms with van der Waals surface area (Å²) >= 11 is 1.85. The topological polar surface area (TPSA) is 41.6 Å². The summed E-state index contributed by atoms with van der Waals surface area (Å²) in [5.74, 6) is 2.09. The third-order valence-corrected chi connectivity index (χ3v) is 5.29. The number of aromatic nitrogens is 1. The lowest BCUT2D eigenvalue weighted by atomic mass is 10.0. The smallest absolute Gasteiger partial charge is 0.161 e. The number of fused-ring (bicyclic) bond motifs is 1. The predicted molar refractivity (Wildman–Crippen MR) is 84.2 cm³/mol. The van der Waals surface area contributed by atoms with Gasteiger partial charge in [0.25, 0.3) is 0 Å². The Kier molecular flexibility index (Phi) is 3.22. The van der Waals surface area contributed by atoms with Crippen molar-refractivity contribution in [1.82, 2.24) is 9.88 Å². The fourth-order valence-corrected chi connectivity index (χ4v) is 4.46. The van der Waals surface area contributed by atoms with Gasteiger partial charge in [0.05, 0.1) is 12.0 Å². The number of hydrogen-bond acceptors (Lipinski definition) is 5. The molecule has 0 aromatic carbocycles. The highest BCUT2D eigenvalue weighted by molar-refractivity contribution is 8.14. The van der Waals surface area contributed by atoms with E-state index in [9.17, 15) is 0 Å². The van der Waals surface area contributed by atoms with Crippen molar-refractivity contribution in [3.8, 4) is 0 Å². The molecule has 0 spiro atoms. The summed E-state index contributed by atoms with van der Waals surface area (Å²) in [6.07, 6.45) is 4.70. The average molecular weight is 299 g/mol. The first-order chi connectivity index (χ1) is 10.4. The molecule has 108 valence electrons. The SMILES string of the molecule is CC[C@H]1CSC2=N[C@@H](c3ccccn3)[C@@H](c3ccco3)N21. The Bertz CT molecular complexity index is 641. The Morgan fingerprint density at radius 1 is 1.33 bits per heavy atom. The van der Waals surface area contributed by atoms with Crippen LogP contribution in [0.2, 0.25) is 0 Å². The van der Waals surface area contributed by atoms with Crippen molar-refractivity contribution in [2.24, 2.45) is 4.99 Å². The Labute approximate surface area is 128 Å². The molecule has 21 heavy (non-hydrogen) atoms. The predicted octanol–water partition coefficient (Wildman–Crippen LogP) is 3.65. The van der Waals surface area contributed by atoms with E-state index >= 15 is 0 Å². The van der Waals surface area contributed by atoms with Crippen LogP contribution in [0.1, 0.15) is 36.9 Å². The number of nitrogens with zero attached hydrogens (tertiary/aromatic N) is 3. The van der Waals surface area contributed by atoms with Crippen LogP contribution in [0.3, 0.4) is 0 Å². The first-order valence-corrected chi connectivity index (χ1v) is 8.30. The number of furan rings is 1. The first-order valence-electron chi connectivity index (χ1n) is 7.31. The van der Waals surface area contributed by atoms with Crippen LogP contribution in [-0.4, -0.2) is 26.8 Å². The van der Waals surface area contributed by atoms with Gasteiger partial charge in [0.2, 0.25) is 0 Å². The van der Waals surface area contributed by atoms with E-state index < -0.39 is 0 Å². The molecule has 0 unspecified atom stereocenters. The molecule has 0 amide bonds. The monoisotopic (exact) mass is 299 g/mol. The van der Waals surface area contributed by atoms with E-state index in [4.69, 9.17) is 9.41 Å². The van der Waals surface area contributed by atoms with E-state index in [1.807, 2.05) is 36.2 Å². The number of hydrogen-bond donors (Lipinski definition) is 0. The van der Waals surface area contributed by atoms with Crippen molar-refractivity contribution in [2.75, 3.05) is 5.75 Å². The fourth-order valence-electron chi connectivity index (χ4n) is 3.12. The maximum Gasteiger partial charge on any atom is 0.161 e. The lowest BCUT2D eigenvalue weighted by Gasteiger charge is -2.29. The molecule has 2 aromatic heterocycles. The zero-order valence-corrected chi connectivity index (χ0v) is 12.7. The van der Waals surface area contributed by atoms with Crippen molar-refractivity contribution in [3.05, 3.63) is 54.2 Å². The van der Waals surface area contributed by atoms with Crippen LogP contribution in [0.25, 0.3) is 0 Å². The lowest BCUT2D eigenvalue weighted by molar-refractivity contribution is 0.225. The Hall–Kier alpha value is -1.75. The zero-order chi connectivity index (χ0) is 14.2. The van der Waals surface area contributed by atoms with Crippen molar-refractivity contribution >= 4 is 16.9 Å². The summed E-state index contributed by atoms with van der Waals surface area (Å²) in [4.78, 5) is 11.9. The minimum atomic E-state index is 0.0224. The van der Waals surface area contributed by atoms with Crippen LogP contribution in [0, 0.1) is 0 Å². The second-order valence-electron chi connectivity index (χ2n) is 5.35. The Morgan fingerprint density at radius 3 is 3.00 bits per heavy atom. The van der Waals surface area contributed by atoms with Crippen molar-refractivity contribution in [3.63, 3.8) is 0 Å². The molecular weight excluding hydrogens is 282 g/mol. The zero-order valence-electron chi connectivity index (χ0n) is 11.8. The minimum absolute atomic E-state index is 0.0224. The molecule has 0 N–H and O–H groups in total. The van der Waals surface area contributed by atoms with Gasteiger partial charge in [0.15, 0.2) is 5.17 Å². The fraction of sp³-hybridized carbons (Fsp3) is 0.375. The van der Waals surface area contributed by atoms with E-state index in [0.717, 1.165) is 28.8 Å². The minimum Gasteiger partial charge on any atom is -0.467 e. The normalized spacial score (nSPS) is 27.8. The van der Waals surface area contributed by atoms with Gasteiger partial charge in [0, 0.05) is 18.0 Å². The number of thioether (sulfide) groups is 1. The third kappa shape index (κ3) is 2.07. The highest BCUT2D eigenvalue weighted by atomic mass is 32.2. The standard InChI is InChI=1S/C16H17N3OS/c1-2-11-10-21-16-18-14(12-6-3-4-8-17-12)15(19(11)16)13-7-5-9-20-13/h3-9,11,14-15H,2,10H2,1H3/t11-,14-,15+/m0/s1. The molecule has 4 heterocycles. The van der Waals surface area contributed by atoms with Gasteiger partial charge in [-0.1, -0.05) is 24.8 Å². The molecule has 0 saturated carbocycles. The summed E-state index contributed by atoms with van der Waals surface area (Å²) in [7, 11) is 0. The van der Waals surface area contributed by atoms with E-state index in [0.29, 0.717) is 6.04 Å². The second kappa shape index (κ2) is 5.22. The molecule has 2 aliphatic rings. The van der Waals surface area contributed by atoms with Crippen LogP contribution in [0.4, 0.5) is 0 Å². The number of aliphatic imine (C=N–C) groups is 1. The lowest BCUT2D eigenvalue weighted by Crippen LogP contribution is -2.35. The van der Waals surface area contributed by atoms with Gasteiger partial charge in [0.1, 0.15) is 17.8 Å². The summed E-state index contributed by atoms with van der Waals surface area (Å²) in [6, 6.07) is 10.7. The molecule has 2 aliphatic heterocycles. The van der Waals surface area contributed by atoms with Crippen molar-refractivity contribution in [2.45, 2.75) is 31.5 Å². The van der Waals surface area contributed by atoms with Crippen molar-refractivity contribution < 1.29 is 4.42 Å². The van der Waals surface area contributed by atoms with Gasteiger partial charge < -0.3 is 9.32 Å². The van der Waals surface area contributed by atoms with E-state index in [1.165, 1.54) is 0 Å². The van der Waals surface area contributed by atoms with E-state index in [2.05, 4.69) is 28.9 Å². The molecule has 4 rings (SSSR count). The van der Waals surface area contributed by atoms with Crippen LogP contribution in [-0.2, 0) is 0 Å². The number of pyridine rings is 1. The molecule has 5 heteroatoms. The number of amidine groups is 1. The summed E-state index contributed by atoms with van der Waals surface area (Å²) in [5.41, 5.74) is 1.01. The first kappa shape index (κ1) is 13.0. The molecule has 0 radical (unpaired) electrons. The molecule has 1 fully saturated rings. The van der Waals surface area contributed by atoms with Gasteiger partial charge in [-0.2, -0.15) is 0 Å². The summed E-state index contributed by atoms with van der Waals surface area (Å²) in [5, 5.41) is 1.14. The van der Waals surface area contributed by atoms with E-state index in [1.54, 1.807) is 6.26 Å². The molecule has 2 aromatic rings. The van der Waals surface area contributed by atoms with Gasteiger partial charge in [-0.25, -0.2) is 4.99 Å².